The molecule has 0 saturated carbocycles. The van der Waals surface area contributed by atoms with Gasteiger partial charge in [0.05, 0.1) is 6.26 Å². The van der Waals surface area contributed by atoms with Gasteiger partial charge in [0.2, 0.25) is 0 Å². The number of nitrogens with one attached hydrogen (secondary N) is 1. The van der Waals surface area contributed by atoms with Crippen molar-refractivity contribution in [2.75, 3.05) is 13.1 Å². The summed E-state index contributed by atoms with van der Waals surface area (Å²) in [5.74, 6) is 1.02. The highest BCUT2D eigenvalue weighted by molar-refractivity contribution is 4.98. The van der Waals surface area contributed by atoms with Gasteiger partial charge in [-0.1, -0.05) is 13.3 Å². The Morgan fingerprint density at radius 3 is 2.93 bits per heavy atom. The van der Waals surface area contributed by atoms with Crippen LogP contribution < -0.4 is 11.1 Å². The second-order valence-corrected chi connectivity index (χ2v) is 4.41. The lowest BCUT2D eigenvalue weighted by Gasteiger charge is -2.24. The Kier molecular flexibility index (Phi) is 4.85. The fourth-order valence-corrected chi connectivity index (χ4v) is 1.70. The van der Waals surface area contributed by atoms with Crippen LogP contribution in [0.2, 0.25) is 0 Å². The number of hydrogen-bond acceptors (Lipinski definition) is 3. The van der Waals surface area contributed by atoms with Crippen LogP contribution in [-0.2, 0) is 6.42 Å². The quantitative estimate of drug-likeness (QED) is 0.676. The minimum Gasteiger partial charge on any atom is -0.469 e. The zero-order valence-electron chi connectivity index (χ0n) is 9.75. The van der Waals surface area contributed by atoms with Gasteiger partial charge in [0.15, 0.2) is 0 Å². The van der Waals surface area contributed by atoms with Crippen molar-refractivity contribution in [3.8, 4) is 0 Å². The van der Waals surface area contributed by atoms with Gasteiger partial charge in [0.1, 0.15) is 5.76 Å². The van der Waals surface area contributed by atoms with Gasteiger partial charge in [-0.15, -0.1) is 0 Å². The van der Waals surface area contributed by atoms with E-state index in [1.165, 1.54) is 0 Å². The van der Waals surface area contributed by atoms with Crippen LogP contribution in [0.3, 0.4) is 0 Å². The summed E-state index contributed by atoms with van der Waals surface area (Å²) in [6.07, 6.45) is 4.82. The molecule has 0 aromatic carbocycles. The fraction of sp³-hybridized carbons (Fsp3) is 0.667. The minimum absolute atomic E-state index is 0.0854. The van der Waals surface area contributed by atoms with Crippen LogP contribution in [0.15, 0.2) is 22.8 Å². The molecule has 0 fully saturated rings. The maximum Gasteiger partial charge on any atom is 0.105 e. The lowest BCUT2D eigenvalue weighted by Crippen LogP contribution is -2.46. The zero-order chi connectivity index (χ0) is 11.1. The maximum absolute atomic E-state index is 6.10. The lowest BCUT2D eigenvalue weighted by molar-refractivity contribution is 0.394. The summed E-state index contributed by atoms with van der Waals surface area (Å²) in [6.45, 7) is 6.04. The molecule has 15 heavy (non-hydrogen) atoms. The van der Waals surface area contributed by atoms with E-state index >= 15 is 0 Å². The van der Waals surface area contributed by atoms with Gasteiger partial charge in [-0.2, -0.15) is 0 Å². The molecular weight excluding hydrogens is 188 g/mol. The zero-order valence-corrected chi connectivity index (χ0v) is 9.75. The summed E-state index contributed by atoms with van der Waals surface area (Å²) >= 11 is 0. The molecule has 1 aromatic rings. The third-order valence-corrected chi connectivity index (χ3v) is 2.48. The Balaban J connectivity index is 2.11. The molecule has 0 radical (unpaired) electrons. The summed E-state index contributed by atoms with van der Waals surface area (Å²) in [5, 5.41) is 3.36. The molecule has 0 aliphatic carbocycles. The number of rotatable bonds is 7. The first kappa shape index (κ1) is 12.3. The minimum atomic E-state index is -0.0854. The molecule has 0 aliphatic rings. The number of furan rings is 1. The molecular formula is C12H22N2O. The Labute approximate surface area is 92.0 Å². The van der Waals surface area contributed by atoms with Crippen LogP contribution in [0.25, 0.3) is 0 Å². The maximum atomic E-state index is 6.10. The molecule has 3 N–H and O–H groups in total. The molecule has 0 bridgehead atoms. The molecule has 3 nitrogen and oxygen atoms in total. The van der Waals surface area contributed by atoms with Crippen LogP contribution in [0.4, 0.5) is 0 Å². The van der Waals surface area contributed by atoms with E-state index in [0.717, 1.165) is 38.1 Å². The van der Waals surface area contributed by atoms with E-state index in [0.29, 0.717) is 0 Å². The lowest BCUT2D eigenvalue weighted by atomic mass is 9.98. The standard InChI is InChI=1S/C12H22N2O/c1-3-7-12(2,13)10-14-8-6-11-5-4-9-15-11/h4-5,9,14H,3,6-8,10,13H2,1-2H3. The summed E-state index contributed by atoms with van der Waals surface area (Å²) < 4.78 is 5.24. The van der Waals surface area contributed by atoms with Crippen LogP contribution in [-0.4, -0.2) is 18.6 Å². The largest absolute Gasteiger partial charge is 0.469 e. The molecule has 0 aliphatic heterocycles. The van der Waals surface area contributed by atoms with Crippen LogP contribution in [0.1, 0.15) is 32.4 Å². The van der Waals surface area contributed by atoms with Crippen LogP contribution >= 0.6 is 0 Å². The molecule has 0 saturated heterocycles. The first-order valence-electron chi connectivity index (χ1n) is 5.66. The molecule has 1 atom stereocenters. The summed E-state index contributed by atoms with van der Waals surface area (Å²) in [5.41, 5.74) is 6.02. The second-order valence-electron chi connectivity index (χ2n) is 4.41. The summed E-state index contributed by atoms with van der Waals surface area (Å²) in [6, 6.07) is 3.91. The van der Waals surface area contributed by atoms with Crippen molar-refractivity contribution in [3.05, 3.63) is 24.2 Å². The Bertz CT molecular complexity index is 255. The van der Waals surface area contributed by atoms with Gasteiger partial charge in [-0.05, 0) is 25.5 Å². The topological polar surface area (TPSA) is 51.2 Å². The third-order valence-electron chi connectivity index (χ3n) is 2.48. The number of nitrogens with two attached hydrogens (primary N) is 1. The van der Waals surface area contributed by atoms with Crippen molar-refractivity contribution < 1.29 is 4.42 Å². The number of hydrogen-bond donors (Lipinski definition) is 2. The van der Waals surface area contributed by atoms with Gasteiger partial charge in [0, 0.05) is 25.0 Å². The van der Waals surface area contributed by atoms with Gasteiger partial charge in [0.25, 0.3) is 0 Å². The third kappa shape index (κ3) is 5.00. The summed E-state index contributed by atoms with van der Waals surface area (Å²) in [4.78, 5) is 0. The molecule has 0 amide bonds. The monoisotopic (exact) mass is 210 g/mol. The predicted molar refractivity (Wildman–Crippen MR) is 62.8 cm³/mol. The Morgan fingerprint density at radius 2 is 2.33 bits per heavy atom. The normalized spacial score (nSPS) is 15.1. The highest BCUT2D eigenvalue weighted by atomic mass is 16.3. The van der Waals surface area contributed by atoms with E-state index in [4.69, 9.17) is 10.2 Å². The van der Waals surface area contributed by atoms with Gasteiger partial charge in [-0.25, -0.2) is 0 Å². The first-order valence-corrected chi connectivity index (χ1v) is 5.66. The smallest absolute Gasteiger partial charge is 0.105 e. The van der Waals surface area contributed by atoms with Gasteiger partial charge < -0.3 is 15.5 Å². The predicted octanol–water partition coefficient (Wildman–Crippen LogP) is 1.93. The van der Waals surface area contributed by atoms with E-state index in [1.807, 2.05) is 12.1 Å². The SMILES string of the molecule is CCCC(C)(N)CNCCc1ccco1. The van der Waals surface area contributed by atoms with Crippen molar-refractivity contribution in [3.63, 3.8) is 0 Å². The van der Waals surface area contributed by atoms with E-state index in [2.05, 4.69) is 19.2 Å². The van der Waals surface area contributed by atoms with Crippen molar-refractivity contribution in [1.82, 2.24) is 5.32 Å². The second kappa shape index (κ2) is 5.93. The van der Waals surface area contributed by atoms with Crippen molar-refractivity contribution in [2.45, 2.75) is 38.6 Å². The van der Waals surface area contributed by atoms with E-state index in [-0.39, 0.29) is 5.54 Å². The van der Waals surface area contributed by atoms with E-state index in [1.54, 1.807) is 6.26 Å². The fourth-order valence-electron chi connectivity index (χ4n) is 1.70. The van der Waals surface area contributed by atoms with Gasteiger partial charge in [-0.3, -0.25) is 0 Å². The Morgan fingerprint density at radius 1 is 1.53 bits per heavy atom. The van der Waals surface area contributed by atoms with Crippen molar-refractivity contribution >= 4 is 0 Å². The Hall–Kier alpha value is -0.800. The van der Waals surface area contributed by atoms with Crippen molar-refractivity contribution in [1.29, 1.82) is 0 Å². The van der Waals surface area contributed by atoms with Crippen LogP contribution in [0.5, 0.6) is 0 Å². The molecule has 1 rings (SSSR count). The van der Waals surface area contributed by atoms with Crippen molar-refractivity contribution in [2.24, 2.45) is 5.73 Å². The first-order chi connectivity index (χ1) is 7.14. The molecule has 1 aromatic heterocycles. The molecule has 86 valence electrons. The molecule has 0 spiro atoms. The highest BCUT2D eigenvalue weighted by Gasteiger charge is 2.15. The molecule has 3 heteroatoms. The van der Waals surface area contributed by atoms with Crippen LogP contribution in [0, 0.1) is 0 Å². The highest BCUT2D eigenvalue weighted by Crippen LogP contribution is 2.06. The van der Waals surface area contributed by atoms with Gasteiger partial charge >= 0.3 is 0 Å². The molecule has 1 unspecified atom stereocenters. The average Bonchev–Trinajstić information content (AvgIpc) is 2.65. The molecule has 1 heterocycles. The van der Waals surface area contributed by atoms with E-state index in [9.17, 15) is 0 Å². The summed E-state index contributed by atoms with van der Waals surface area (Å²) in [7, 11) is 0. The van der Waals surface area contributed by atoms with E-state index < -0.39 is 0 Å². The average molecular weight is 210 g/mol.